The molecular formula is C16H27NO. The van der Waals surface area contributed by atoms with Gasteiger partial charge in [0.15, 0.2) is 0 Å². The molecule has 0 bridgehead atoms. The molecular weight excluding hydrogens is 222 g/mol. The van der Waals surface area contributed by atoms with Crippen LogP contribution in [0.25, 0.3) is 0 Å². The van der Waals surface area contributed by atoms with Crippen LogP contribution >= 0.6 is 0 Å². The van der Waals surface area contributed by atoms with E-state index < -0.39 is 0 Å². The van der Waals surface area contributed by atoms with Crippen molar-refractivity contribution in [1.82, 2.24) is 4.90 Å². The number of benzene rings is 1. The van der Waals surface area contributed by atoms with Gasteiger partial charge in [-0.25, -0.2) is 0 Å². The minimum absolute atomic E-state index is 0.0317. The molecule has 2 heteroatoms. The molecule has 0 aromatic heterocycles. The topological polar surface area (TPSA) is 23.5 Å². The molecule has 0 atom stereocenters. The highest BCUT2D eigenvalue weighted by Crippen LogP contribution is 2.37. The molecule has 0 heterocycles. The zero-order valence-corrected chi connectivity index (χ0v) is 12.8. The number of phenols is 1. The molecule has 102 valence electrons. The van der Waals surface area contributed by atoms with Crippen molar-refractivity contribution < 1.29 is 5.11 Å². The van der Waals surface area contributed by atoms with Gasteiger partial charge in [0, 0.05) is 6.54 Å². The van der Waals surface area contributed by atoms with E-state index >= 15 is 0 Å². The van der Waals surface area contributed by atoms with Crippen LogP contribution in [0.4, 0.5) is 0 Å². The molecule has 1 rings (SSSR count). The normalized spacial score (nSPS) is 12.5. The fraction of sp³-hybridized carbons (Fsp3) is 0.625. The first-order chi connectivity index (χ1) is 8.12. The molecule has 0 spiro atoms. The Labute approximate surface area is 112 Å². The monoisotopic (exact) mass is 249 g/mol. The minimum Gasteiger partial charge on any atom is -0.507 e. The molecule has 0 radical (unpaired) electrons. The van der Waals surface area contributed by atoms with Crippen LogP contribution in [0, 0.1) is 0 Å². The molecule has 0 amide bonds. The highest BCUT2D eigenvalue weighted by atomic mass is 16.3. The third kappa shape index (κ3) is 3.49. The molecule has 0 aliphatic heterocycles. The molecule has 1 N–H and O–H groups in total. The Hall–Kier alpha value is -1.02. The van der Waals surface area contributed by atoms with Crippen LogP contribution in [0.5, 0.6) is 5.75 Å². The van der Waals surface area contributed by atoms with Gasteiger partial charge in [-0.3, -0.25) is 0 Å². The fourth-order valence-corrected chi connectivity index (χ4v) is 2.19. The Morgan fingerprint density at radius 3 is 2.11 bits per heavy atom. The lowest BCUT2D eigenvalue weighted by atomic mass is 9.82. The molecule has 18 heavy (non-hydrogen) atoms. The van der Waals surface area contributed by atoms with Crippen LogP contribution in [-0.4, -0.2) is 24.1 Å². The minimum atomic E-state index is -0.0317. The van der Waals surface area contributed by atoms with Gasteiger partial charge >= 0.3 is 0 Å². The predicted molar refractivity (Wildman–Crippen MR) is 78.3 cm³/mol. The Kier molecular flexibility index (Phi) is 4.44. The largest absolute Gasteiger partial charge is 0.507 e. The van der Waals surface area contributed by atoms with Crippen molar-refractivity contribution in [1.29, 1.82) is 0 Å². The Balaban J connectivity index is 3.37. The van der Waals surface area contributed by atoms with Gasteiger partial charge in [-0.2, -0.15) is 0 Å². The summed E-state index contributed by atoms with van der Waals surface area (Å²) in [6.45, 7) is 11.6. The third-order valence-corrected chi connectivity index (χ3v) is 3.13. The van der Waals surface area contributed by atoms with Crippen molar-refractivity contribution in [3.05, 3.63) is 28.8 Å². The molecule has 0 unspecified atom stereocenters. The maximum Gasteiger partial charge on any atom is 0.122 e. The lowest BCUT2D eigenvalue weighted by Gasteiger charge is -2.25. The van der Waals surface area contributed by atoms with Crippen LogP contribution in [0.2, 0.25) is 0 Å². The smallest absolute Gasteiger partial charge is 0.122 e. The van der Waals surface area contributed by atoms with E-state index in [0.717, 1.165) is 17.7 Å². The number of hydrogen-bond acceptors (Lipinski definition) is 2. The van der Waals surface area contributed by atoms with Gasteiger partial charge in [0.25, 0.3) is 0 Å². The second-order valence-corrected chi connectivity index (χ2v) is 6.72. The SMILES string of the molecule is CC(C)c1cc(CN(C)C)cc(C(C)(C)C)c1O. The lowest BCUT2D eigenvalue weighted by molar-refractivity contribution is 0.398. The maximum absolute atomic E-state index is 10.4. The summed E-state index contributed by atoms with van der Waals surface area (Å²) >= 11 is 0. The van der Waals surface area contributed by atoms with Crippen molar-refractivity contribution in [2.24, 2.45) is 0 Å². The Morgan fingerprint density at radius 2 is 1.72 bits per heavy atom. The average molecular weight is 249 g/mol. The molecule has 0 aliphatic rings. The van der Waals surface area contributed by atoms with E-state index in [1.165, 1.54) is 5.56 Å². The summed E-state index contributed by atoms with van der Waals surface area (Å²) in [4.78, 5) is 2.16. The van der Waals surface area contributed by atoms with Crippen molar-refractivity contribution >= 4 is 0 Å². The summed E-state index contributed by atoms with van der Waals surface area (Å²) < 4.78 is 0. The second kappa shape index (κ2) is 5.31. The molecule has 1 aromatic carbocycles. The summed E-state index contributed by atoms with van der Waals surface area (Å²) in [6, 6.07) is 4.27. The first kappa shape index (κ1) is 15.0. The quantitative estimate of drug-likeness (QED) is 0.879. The second-order valence-electron chi connectivity index (χ2n) is 6.72. The van der Waals surface area contributed by atoms with Crippen molar-refractivity contribution in [2.75, 3.05) is 14.1 Å². The predicted octanol–water partition coefficient (Wildman–Crippen LogP) is 3.87. The molecule has 2 nitrogen and oxygen atoms in total. The van der Waals surface area contributed by atoms with E-state index in [-0.39, 0.29) is 5.41 Å². The highest BCUT2D eigenvalue weighted by molar-refractivity contribution is 5.48. The van der Waals surface area contributed by atoms with Gasteiger partial charge in [-0.05, 0) is 42.1 Å². The van der Waals surface area contributed by atoms with E-state index in [2.05, 4.69) is 65.7 Å². The summed E-state index contributed by atoms with van der Waals surface area (Å²) in [7, 11) is 4.14. The van der Waals surface area contributed by atoms with Crippen LogP contribution < -0.4 is 0 Å². The van der Waals surface area contributed by atoms with E-state index in [9.17, 15) is 5.11 Å². The zero-order chi connectivity index (χ0) is 14.1. The van der Waals surface area contributed by atoms with E-state index in [0.29, 0.717) is 11.7 Å². The van der Waals surface area contributed by atoms with Crippen molar-refractivity contribution in [3.8, 4) is 5.75 Å². The summed E-state index contributed by atoms with van der Waals surface area (Å²) in [5.41, 5.74) is 3.34. The average Bonchev–Trinajstić information content (AvgIpc) is 2.17. The van der Waals surface area contributed by atoms with Crippen LogP contribution in [0.15, 0.2) is 12.1 Å². The van der Waals surface area contributed by atoms with Gasteiger partial charge in [-0.1, -0.05) is 46.8 Å². The Morgan fingerprint density at radius 1 is 1.17 bits per heavy atom. The first-order valence-electron chi connectivity index (χ1n) is 6.64. The highest BCUT2D eigenvalue weighted by Gasteiger charge is 2.22. The fourth-order valence-electron chi connectivity index (χ4n) is 2.19. The van der Waals surface area contributed by atoms with Crippen LogP contribution in [0.3, 0.4) is 0 Å². The number of nitrogens with zero attached hydrogens (tertiary/aromatic N) is 1. The molecule has 1 aromatic rings. The van der Waals surface area contributed by atoms with Crippen LogP contribution in [0.1, 0.15) is 57.2 Å². The van der Waals surface area contributed by atoms with Crippen molar-refractivity contribution in [2.45, 2.75) is 52.5 Å². The Bertz CT molecular complexity index is 414. The van der Waals surface area contributed by atoms with Gasteiger partial charge < -0.3 is 10.0 Å². The molecule has 0 aliphatic carbocycles. The maximum atomic E-state index is 10.4. The van der Waals surface area contributed by atoms with E-state index in [1.807, 2.05) is 0 Å². The number of rotatable bonds is 3. The number of aromatic hydroxyl groups is 1. The van der Waals surface area contributed by atoms with E-state index in [1.54, 1.807) is 0 Å². The van der Waals surface area contributed by atoms with Crippen molar-refractivity contribution in [3.63, 3.8) is 0 Å². The molecule has 0 saturated heterocycles. The number of phenolic OH excluding ortho intramolecular Hbond substituents is 1. The van der Waals surface area contributed by atoms with Gasteiger partial charge in [0.2, 0.25) is 0 Å². The summed E-state index contributed by atoms with van der Waals surface area (Å²) in [6.07, 6.45) is 0. The molecule has 0 saturated carbocycles. The number of hydrogen-bond donors (Lipinski definition) is 1. The molecule has 0 fully saturated rings. The van der Waals surface area contributed by atoms with Gasteiger partial charge in [-0.15, -0.1) is 0 Å². The van der Waals surface area contributed by atoms with Gasteiger partial charge in [0.05, 0.1) is 0 Å². The standard InChI is InChI=1S/C16H27NO/c1-11(2)13-8-12(10-17(6)7)9-14(15(13)18)16(3,4)5/h8-9,11,18H,10H2,1-7H3. The van der Waals surface area contributed by atoms with E-state index in [4.69, 9.17) is 0 Å². The lowest BCUT2D eigenvalue weighted by Crippen LogP contribution is -2.16. The summed E-state index contributed by atoms with van der Waals surface area (Å²) in [5.74, 6) is 0.813. The van der Waals surface area contributed by atoms with Gasteiger partial charge in [0.1, 0.15) is 5.75 Å². The zero-order valence-electron chi connectivity index (χ0n) is 12.8. The first-order valence-corrected chi connectivity index (χ1v) is 6.64. The van der Waals surface area contributed by atoms with Crippen LogP contribution in [-0.2, 0) is 12.0 Å². The summed E-state index contributed by atoms with van der Waals surface area (Å²) in [5, 5.41) is 10.4. The third-order valence-electron chi connectivity index (χ3n) is 3.13.